The Kier molecular flexibility index (Phi) is 3.81. The van der Waals surface area contributed by atoms with Crippen molar-refractivity contribution in [1.82, 2.24) is 20.1 Å². The second-order valence-electron chi connectivity index (χ2n) is 5.55. The van der Waals surface area contributed by atoms with Gasteiger partial charge in [0.05, 0.1) is 13.1 Å². The summed E-state index contributed by atoms with van der Waals surface area (Å²) in [7, 11) is 0. The van der Waals surface area contributed by atoms with Gasteiger partial charge in [0, 0.05) is 18.4 Å². The molecule has 1 atom stereocenters. The van der Waals surface area contributed by atoms with Crippen LogP contribution in [0.4, 0.5) is 0 Å². The van der Waals surface area contributed by atoms with E-state index in [-0.39, 0.29) is 0 Å². The molecular formula is C14H19ClN4O. The zero-order valence-corrected chi connectivity index (χ0v) is 12.5. The van der Waals surface area contributed by atoms with E-state index in [2.05, 4.69) is 29.2 Å². The van der Waals surface area contributed by atoms with Crippen LogP contribution in [0.15, 0.2) is 16.5 Å². The van der Waals surface area contributed by atoms with Gasteiger partial charge < -0.3 is 9.73 Å². The van der Waals surface area contributed by atoms with Crippen molar-refractivity contribution in [3.63, 3.8) is 0 Å². The third-order valence-electron chi connectivity index (χ3n) is 3.58. The maximum Gasteiger partial charge on any atom is 0.193 e. The molecule has 1 aliphatic heterocycles. The molecule has 3 rings (SSSR count). The molecule has 0 fully saturated rings. The Bertz CT molecular complexity index is 590. The molecular weight excluding hydrogens is 276 g/mol. The van der Waals surface area contributed by atoms with Crippen molar-refractivity contribution in [1.29, 1.82) is 0 Å². The molecule has 3 heterocycles. The summed E-state index contributed by atoms with van der Waals surface area (Å²) < 4.78 is 7.38. The van der Waals surface area contributed by atoms with Gasteiger partial charge in [-0.1, -0.05) is 13.8 Å². The molecule has 0 saturated heterocycles. The zero-order valence-electron chi connectivity index (χ0n) is 11.8. The van der Waals surface area contributed by atoms with Crippen molar-refractivity contribution in [2.45, 2.75) is 51.7 Å². The predicted octanol–water partition coefficient (Wildman–Crippen LogP) is 2.75. The van der Waals surface area contributed by atoms with Crippen LogP contribution in [0.1, 0.15) is 43.6 Å². The number of fused-ring (bicyclic) bond motifs is 1. The fourth-order valence-electron chi connectivity index (χ4n) is 2.43. The van der Waals surface area contributed by atoms with Crippen molar-refractivity contribution in [2.24, 2.45) is 0 Å². The number of nitrogens with one attached hydrogen (secondary N) is 1. The van der Waals surface area contributed by atoms with E-state index in [4.69, 9.17) is 16.0 Å². The number of aryl methyl sites for hydroxylation is 1. The van der Waals surface area contributed by atoms with Gasteiger partial charge >= 0.3 is 0 Å². The van der Waals surface area contributed by atoms with E-state index in [1.54, 1.807) is 6.07 Å². The lowest BCUT2D eigenvalue weighted by atomic mass is 10.1. The van der Waals surface area contributed by atoms with Crippen LogP contribution in [0.3, 0.4) is 0 Å². The fraction of sp³-hybridized carbons (Fsp3) is 0.571. The summed E-state index contributed by atoms with van der Waals surface area (Å²) in [6.45, 7) is 5.80. The van der Waals surface area contributed by atoms with Crippen LogP contribution in [-0.2, 0) is 19.5 Å². The second-order valence-corrected chi connectivity index (χ2v) is 5.92. The highest BCUT2D eigenvalue weighted by atomic mass is 35.5. The number of hydrogen-bond donors (Lipinski definition) is 1. The predicted molar refractivity (Wildman–Crippen MR) is 76.8 cm³/mol. The Labute approximate surface area is 123 Å². The number of halogens is 1. The summed E-state index contributed by atoms with van der Waals surface area (Å²) in [6.07, 6.45) is 2.04. The quantitative estimate of drug-likeness (QED) is 0.942. The Morgan fingerprint density at radius 3 is 3.05 bits per heavy atom. The average Bonchev–Trinajstić information content (AvgIpc) is 3.01. The summed E-state index contributed by atoms with van der Waals surface area (Å²) in [6, 6.07) is 4.06. The maximum absolute atomic E-state index is 5.76. The molecule has 2 aromatic rings. The minimum Gasteiger partial charge on any atom is -0.448 e. The summed E-state index contributed by atoms with van der Waals surface area (Å²) in [5, 5.41) is 8.51. The van der Waals surface area contributed by atoms with Crippen molar-refractivity contribution in [3.05, 3.63) is 34.8 Å². The molecule has 5 nitrogen and oxygen atoms in total. The molecule has 1 aliphatic rings. The van der Waals surface area contributed by atoms with Gasteiger partial charge in [-0.15, -0.1) is 0 Å². The normalized spacial score (nSPS) is 18.5. The summed E-state index contributed by atoms with van der Waals surface area (Å²) in [5.41, 5.74) is 0. The van der Waals surface area contributed by atoms with E-state index in [0.29, 0.717) is 23.7 Å². The van der Waals surface area contributed by atoms with Gasteiger partial charge in [-0.2, -0.15) is 5.10 Å². The Balaban J connectivity index is 1.60. The number of rotatable bonds is 4. The maximum atomic E-state index is 5.76. The lowest BCUT2D eigenvalue weighted by molar-refractivity contribution is 0.344. The lowest BCUT2D eigenvalue weighted by Crippen LogP contribution is -2.37. The van der Waals surface area contributed by atoms with E-state index in [1.807, 2.05) is 10.7 Å². The lowest BCUT2D eigenvalue weighted by Gasteiger charge is -2.23. The van der Waals surface area contributed by atoms with Crippen LogP contribution in [-0.4, -0.2) is 20.8 Å². The van der Waals surface area contributed by atoms with Crippen LogP contribution in [0.5, 0.6) is 0 Å². The highest BCUT2D eigenvalue weighted by Gasteiger charge is 2.22. The van der Waals surface area contributed by atoms with Crippen LogP contribution in [0.2, 0.25) is 5.22 Å². The van der Waals surface area contributed by atoms with E-state index < -0.39 is 0 Å². The molecule has 20 heavy (non-hydrogen) atoms. The van der Waals surface area contributed by atoms with Crippen molar-refractivity contribution in [3.8, 4) is 0 Å². The average molecular weight is 295 g/mol. The molecule has 6 heteroatoms. The molecule has 0 saturated carbocycles. The smallest absolute Gasteiger partial charge is 0.193 e. The van der Waals surface area contributed by atoms with Gasteiger partial charge in [0.2, 0.25) is 0 Å². The first-order valence-corrected chi connectivity index (χ1v) is 7.41. The Hall–Kier alpha value is -1.33. The minimum absolute atomic E-state index is 0.379. The minimum atomic E-state index is 0.379. The molecule has 0 unspecified atom stereocenters. The van der Waals surface area contributed by atoms with Crippen LogP contribution < -0.4 is 5.32 Å². The topological polar surface area (TPSA) is 55.9 Å². The second kappa shape index (κ2) is 5.58. The summed E-state index contributed by atoms with van der Waals surface area (Å²) in [5.74, 6) is 3.29. The number of aromatic nitrogens is 3. The van der Waals surface area contributed by atoms with Gasteiger partial charge in [0.15, 0.2) is 11.0 Å². The largest absolute Gasteiger partial charge is 0.448 e. The van der Waals surface area contributed by atoms with Crippen molar-refractivity contribution < 1.29 is 4.42 Å². The SMILES string of the molecule is CC(C)c1nc2n(n1)C[C@H](NCc1ccc(Cl)o1)CC2. The van der Waals surface area contributed by atoms with E-state index in [9.17, 15) is 0 Å². The number of furan rings is 1. The van der Waals surface area contributed by atoms with Crippen LogP contribution in [0.25, 0.3) is 0 Å². The Morgan fingerprint density at radius 1 is 1.50 bits per heavy atom. The van der Waals surface area contributed by atoms with Gasteiger partial charge in [-0.05, 0) is 30.2 Å². The molecule has 0 radical (unpaired) electrons. The molecule has 0 aliphatic carbocycles. The molecule has 0 aromatic carbocycles. The van der Waals surface area contributed by atoms with E-state index in [0.717, 1.165) is 36.8 Å². The first-order valence-electron chi connectivity index (χ1n) is 7.03. The van der Waals surface area contributed by atoms with Gasteiger partial charge in [0.1, 0.15) is 11.6 Å². The summed E-state index contributed by atoms with van der Waals surface area (Å²) >= 11 is 5.76. The number of hydrogen-bond acceptors (Lipinski definition) is 4. The van der Waals surface area contributed by atoms with Gasteiger partial charge in [0.25, 0.3) is 0 Å². The molecule has 0 bridgehead atoms. The molecule has 108 valence electrons. The standard InChI is InChI=1S/C14H19ClN4O/c1-9(2)14-17-13-6-3-10(8-19(13)18-14)16-7-11-4-5-12(15)20-11/h4-5,9-10,16H,3,6-8H2,1-2H3/t10-/m1/s1. The zero-order chi connectivity index (χ0) is 14.1. The Morgan fingerprint density at radius 2 is 2.35 bits per heavy atom. The van der Waals surface area contributed by atoms with Crippen LogP contribution in [0, 0.1) is 0 Å². The molecule has 0 amide bonds. The fourth-order valence-corrected chi connectivity index (χ4v) is 2.59. The third kappa shape index (κ3) is 2.88. The van der Waals surface area contributed by atoms with Crippen molar-refractivity contribution in [2.75, 3.05) is 0 Å². The van der Waals surface area contributed by atoms with Crippen LogP contribution >= 0.6 is 11.6 Å². The van der Waals surface area contributed by atoms with E-state index >= 15 is 0 Å². The monoisotopic (exact) mass is 294 g/mol. The molecule has 1 N–H and O–H groups in total. The van der Waals surface area contributed by atoms with Crippen molar-refractivity contribution >= 4 is 11.6 Å². The van der Waals surface area contributed by atoms with Gasteiger partial charge in [-0.3, -0.25) is 0 Å². The summed E-state index contributed by atoms with van der Waals surface area (Å²) in [4.78, 5) is 4.59. The highest BCUT2D eigenvalue weighted by molar-refractivity contribution is 6.28. The highest BCUT2D eigenvalue weighted by Crippen LogP contribution is 2.18. The van der Waals surface area contributed by atoms with Gasteiger partial charge in [-0.25, -0.2) is 9.67 Å². The molecule has 0 spiro atoms. The third-order valence-corrected chi connectivity index (χ3v) is 3.79. The first kappa shape index (κ1) is 13.6. The first-order chi connectivity index (χ1) is 9.61. The van der Waals surface area contributed by atoms with E-state index in [1.165, 1.54) is 0 Å². The number of nitrogens with zero attached hydrogens (tertiary/aromatic N) is 3. The molecule has 2 aromatic heterocycles.